The molecule has 0 aromatic heterocycles. The summed E-state index contributed by atoms with van der Waals surface area (Å²) in [6.07, 6.45) is 0.294. The number of benzene rings is 2. The van der Waals surface area contributed by atoms with E-state index >= 15 is 0 Å². The van der Waals surface area contributed by atoms with Crippen molar-refractivity contribution in [3.63, 3.8) is 0 Å². The molecule has 0 aliphatic rings. The van der Waals surface area contributed by atoms with Gasteiger partial charge in [0, 0.05) is 6.07 Å². The number of rotatable bonds is 7. The molecule has 0 unspecified atom stereocenters. The summed E-state index contributed by atoms with van der Waals surface area (Å²) in [4.78, 5) is 35.4. The van der Waals surface area contributed by atoms with Crippen molar-refractivity contribution in [2.75, 3.05) is 6.61 Å². The molecule has 0 saturated carbocycles. The summed E-state index contributed by atoms with van der Waals surface area (Å²) in [7, 11) is 0. The fraction of sp³-hybridized carbons (Fsp3) is 0.211. The smallest absolute Gasteiger partial charge is 0.341 e. The van der Waals surface area contributed by atoms with E-state index in [-0.39, 0.29) is 5.78 Å². The van der Waals surface area contributed by atoms with Crippen LogP contribution < -0.4 is 5.32 Å². The lowest BCUT2D eigenvalue weighted by Gasteiger charge is -2.16. The van der Waals surface area contributed by atoms with Gasteiger partial charge in [-0.1, -0.05) is 30.3 Å². The number of hydrogen-bond donors (Lipinski definition) is 1. The highest BCUT2D eigenvalue weighted by atomic mass is 19.1. The zero-order chi connectivity index (χ0) is 19.1. The number of esters is 1. The normalized spacial score (nSPS) is 11.5. The molecule has 2 aromatic rings. The molecule has 2 rings (SSSR count). The Kier molecular flexibility index (Phi) is 6.54. The van der Waals surface area contributed by atoms with E-state index < -0.39 is 41.7 Å². The minimum Gasteiger partial charge on any atom is -0.452 e. The molecule has 1 atom stereocenters. The van der Waals surface area contributed by atoms with E-state index in [0.29, 0.717) is 12.5 Å². The molecule has 26 heavy (non-hydrogen) atoms. The summed E-state index contributed by atoms with van der Waals surface area (Å²) < 4.78 is 31.0. The minimum absolute atomic E-state index is 0.252. The second-order valence-corrected chi connectivity index (χ2v) is 5.62. The number of carbonyl (C=O) groups is 3. The van der Waals surface area contributed by atoms with E-state index in [4.69, 9.17) is 4.74 Å². The molecular weight excluding hydrogens is 344 g/mol. The van der Waals surface area contributed by atoms with Gasteiger partial charge in [0.15, 0.2) is 12.4 Å². The highest BCUT2D eigenvalue weighted by molar-refractivity contribution is 5.92. The standard InChI is InChI=1S/C19H17F2NO4/c1-12(23)17(9-13-5-3-2-4-6-13)22-18(24)11-26-19(25)15-8-7-14(20)10-16(15)21/h2-8,10,17H,9,11H2,1H3,(H,22,24)/t17-/m1/s1. The quantitative estimate of drug-likeness (QED) is 0.769. The number of Topliss-reactive ketones (excluding diaryl/α,β-unsaturated/α-hetero) is 1. The Morgan fingerprint density at radius 3 is 2.38 bits per heavy atom. The van der Waals surface area contributed by atoms with Crippen molar-refractivity contribution >= 4 is 17.7 Å². The predicted molar refractivity (Wildman–Crippen MR) is 89.4 cm³/mol. The van der Waals surface area contributed by atoms with Gasteiger partial charge in [-0.25, -0.2) is 13.6 Å². The number of amides is 1. The summed E-state index contributed by atoms with van der Waals surface area (Å²) >= 11 is 0. The van der Waals surface area contributed by atoms with E-state index in [1.54, 1.807) is 0 Å². The summed E-state index contributed by atoms with van der Waals surface area (Å²) in [6, 6.07) is 10.7. The highest BCUT2D eigenvalue weighted by Crippen LogP contribution is 2.11. The van der Waals surface area contributed by atoms with E-state index in [0.717, 1.165) is 17.7 Å². The minimum atomic E-state index is -1.10. The van der Waals surface area contributed by atoms with Crippen molar-refractivity contribution in [3.05, 3.63) is 71.3 Å². The van der Waals surface area contributed by atoms with Crippen molar-refractivity contribution in [2.45, 2.75) is 19.4 Å². The third-order valence-corrected chi connectivity index (χ3v) is 3.59. The maximum absolute atomic E-state index is 13.5. The molecule has 136 valence electrons. The van der Waals surface area contributed by atoms with Gasteiger partial charge in [0.1, 0.15) is 11.6 Å². The van der Waals surface area contributed by atoms with Crippen molar-refractivity contribution in [1.29, 1.82) is 0 Å². The zero-order valence-corrected chi connectivity index (χ0v) is 14.0. The second kappa shape index (κ2) is 8.84. The van der Waals surface area contributed by atoms with Crippen LogP contribution in [0, 0.1) is 11.6 Å². The summed E-state index contributed by atoms with van der Waals surface area (Å²) in [6.45, 7) is 0.655. The van der Waals surface area contributed by atoms with Gasteiger partial charge in [-0.3, -0.25) is 9.59 Å². The lowest BCUT2D eigenvalue weighted by molar-refractivity contribution is -0.128. The average Bonchev–Trinajstić information content (AvgIpc) is 2.60. The number of nitrogens with one attached hydrogen (secondary N) is 1. The fourth-order valence-electron chi connectivity index (χ4n) is 2.25. The molecule has 1 N–H and O–H groups in total. The van der Waals surface area contributed by atoms with Gasteiger partial charge in [0.2, 0.25) is 0 Å². The molecule has 0 bridgehead atoms. The molecule has 0 spiro atoms. The Morgan fingerprint density at radius 1 is 1.08 bits per heavy atom. The molecule has 1 amide bonds. The van der Waals surface area contributed by atoms with Crippen LogP contribution in [0.3, 0.4) is 0 Å². The molecule has 0 aliphatic heterocycles. The van der Waals surface area contributed by atoms with E-state index in [1.165, 1.54) is 6.92 Å². The molecule has 2 aromatic carbocycles. The van der Waals surface area contributed by atoms with Crippen LogP contribution in [0.25, 0.3) is 0 Å². The third-order valence-electron chi connectivity index (χ3n) is 3.59. The van der Waals surface area contributed by atoms with Crippen LogP contribution in [0.4, 0.5) is 8.78 Å². The van der Waals surface area contributed by atoms with Gasteiger partial charge in [-0.05, 0) is 31.0 Å². The van der Waals surface area contributed by atoms with Gasteiger partial charge in [0.05, 0.1) is 11.6 Å². The van der Waals surface area contributed by atoms with Crippen LogP contribution in [-0.4, -0.2) is 30.3 Å². The van der Waals surface area contributed by atoms with E-state index in [2.05, 4.69) is 5.32 Å². The maximum atomic E-state index is 13.5. The lowest BCUT2D eigenvalue weighted by Crippen LogP contribution is -2.43. The van der Waals surface area contributed by atoms with E-state index in [9.17, 15) is 23.2 Å². The number of hydrogen-bond acceptors (Lipinski definition) is 4. The van der Waals surface area contributed by atoms with Crippen molar-refractivity contribution in [1.82, 2.24) is 5.32 Å². The molecule has 0 fully saturated rings. The second-order valence-electron chi connectivity index (χ2n) is 5.62. The first-order valence-electron chi connectivity index (χ1n) is 7.82. The first-order valence-corrected chi connectivity index (χ1v) is 7.82. The van der Waals surface area contributed by atoms with Gasteiger partial charge < -0.3 is 10.1 Å². The van der Waals surface area contributed by atoms with Crippen molar-refractivity contribution in [3.8, 4) is 0 Å². The number of ether oxygens (including phenoxy) is 1. The van der Waals surface area contributed by atoms with Crippen LogP contribution in [0.15, 0.2) is 48.5 Å². The Labute approximate surface area is 149 Å². The van der Waals surface area contributed by atoms with Crippen LogP contribution in [-0.2, 0) is 20.7 Å². The number of halogens is 2. The highest BCUT2D eigenvalue weighted by Gasteiger charge is 2.20. The third kappa shape index (κ3) is 5.47. The molecular formula is C19H17F2NO4. The fourth-order valence-corrected chi connectivity index (χ4v) is 2.25. The lowest BCUT2D eigenvalue weighted by atomic mass is 10.0. The predicted octanol–water partition coefficient (Wildman–Crippen LogP) is 2.44. The molecule has 0 radical (unpaired) electrons. The molecule has 7 heteroatoms. The monoisotopic (exact) mass is 361 g/mol. The Morgan fingerprint density at radius 2 is 1.77 bits per heavy atom. The Hall–Kier alpha value is -3.09. The number of carbonyl (C=O) groups excluding carboxylic acids is 3. The maximum Gasteiger partial charge on any atom is 0.341 e. The zero-order valence-electron chi connectivity index (χ0n) is 14.0. The van der Waals surface area contributed by atoms with Gasteiger partial charge >= 0.3 is 5.97 Å². The molecule has 0 saturated heterocycles. The van der Waals surface area contributed by atoms with Crippen LogP contribution in [0.2, 0.25) is 0 Å². The Balaban J connectivity index is 1.91. The summed E-state index contributed by atoms with van der Waals surface area (Å²) in [5, 5.41) is 2.48. The topological polar surface area (TPSA) is 72.5 Å². The first-order chi connectivity index (χ1) is 12.4. The van der Waals surface area contributed by atoms with Gasteiger partial charge in [-0.2, -0.15) is 0 Å². The molecule has 5 nitrogen and oxygen atoms in total. The largest absolute Gasteiger partial charge is 0.452 e. The van der Waals surface area contributed by atoms with Gasteiger partial charge in [0.25, 0.3) is 5.91 Å². The van der Waals surface area contributed by atoms with Crippen LogP contribution in [0.1, 0.15) is 22.8 Å². The molecule has 0 aliphatic carbocycles. The summed E-state index contributed by atoms with van der Waals surface area (Å²) in [5.41, 5.74) is 0.380. The summed E-state index contributed by atoms with van der Waals surface area (Å²) in [5.74, 6) is -3.96. The SMILES string of the molecule is CC(=O)[C@@H](Cc1ccccc1)NC(=O)COC(=O)c1ccc(F)cc1F. The van der Waals surface area contributed by atoms with Crippen molar-refractivity contribution < 1.29 is 27.9 Å². The molecule has 0 heterocycles. The van der Waals surface area contributed by atoms with Crippen LogP contribution in [0.5, 0.6) is 0 Å². The Bertz CT molecular complexity index is 808. The number of ketones is 1. The van der Waals surface area contributed by atoms with Gasteiger partial charge in [-0.15, -0.1) is 0 Å². The van der Waals surface area contributed by atoms with Crippen LogP contribution >= 0.6 is 0 Å². The van der Waals surface area contributed by atoms with Crippen molar-refractivity contribution in [2.24, 2.45) is 0 Å². The first kappa shape index (κ1) is 19.2. The average molecular weight is 361 g/mol. The van der Waals surface area contributed by atoms with E-state index in [1.807, 2.05) is 30.3 Å².